The molecule has 0 bridgehead atoms. The first-order valence-electron chi connectivity index (χ1n) is 8.44. The summed E-state index contributed by atoms with van der Waals surface area (Å²) in [5.74, 6) is -1.33. The van der Waals surface area contributed by atoms with Crippen LogP contribution >= 0.6 is 0 Å². The Balaban J connectivity index is 1.87. The molecule has 0 atom stereocenters. The van der Waals surface area contributed by atoms with Crippen LogP contribution in [0.5, 0.6) is 0 Å². The fraction of sp³-hybridized carbons (Fsp3) is 0.333. The second-order valence-corrected chi connectivity index (χ2v) is 7.75. The standard InChI is InChI=1S/C18H21N3O6S/c1-11(19)17(12(2)22)14(23)10-27-16(24)8-5-9-20-18-13-6-3-4-7-15(13)28(25,26)21-18/h3-4,6-7,19,23H,5,8-10H2,1-2H3,(H,20,21)/b17-14-,19-11?. The maximum Gasteiger partial charge on any atom is 0.306 e. The molecule has 0 saturated carbocycles. The molecular formula is C18H21N3O6S. The van der Waals surface area contributed by atoms with Crippen molar-refractivity contribution < 1.29 is 27.9 Å². The maximum atomic E-state index is 12.0. The number of benzene rings is 1. The number of amidine groups is 1. The quantitative estimate of drug-likeness (QED) is 0.196. The Labute approximate surface area is 162 Å². The van der Waals surface area contributed by atoms with Gasteiger partial charge in [-0.25, -0.2) is 8.42 Å². The Morgan fingerprint density at radius 3 is 2.57 bits per heavy atom. The van der Waals surface area contributed by atoms with Gasteiger partial charge in [-0.05, 0) is 32.4 Å². The Morgan fingerprint density at radius 2 is 1.93 bits per heavy atom. The number of nitrogens with one attached hydrogen (secondary N) is 2. The van der Waals surface area contributed by atoms with Gasteiger partial charge in [-0.1, -0.05) is 12.1 Å². The largest absolute Gasteiger partial charge is 0.508 e. The van der Waals surface area contributed by atoms with E-state index >= 15 is 0 Å². The number of aliphatic imine (C=N–C) groups is 1. The van der Waals surface area contributed by atoms with Gasteiger partial charge in [0, 0.05) is 24.2 Å². The van der Waals surface area contributed by atoms with Gasteiger partial charge in [0.25, 0.3) is 10.0 Å². The van der Waals surface area contributed by atoms with Crippen molar-refractivity contribution in [3.05, 3.63) is 41.2 Å². The van der Waals surface area contributed by atoms with E-state index in [1.165, 1.54) is 19.9 Å². The van der Waals surface area contributed by atoms with Gasteiger partial charge in [0.15, 0.2) is 5.78 Å². The van der Waals surface area contributed by atoms with Crippen LogP contribution in [0.15, 0.2) is 45.5 Å². The van der Waals surface area contributed by atoms with Crippen LogP contribution < -0.4 is 4.72 Å². The second-order valence-electron chi connectivity index (χ2n) is 6.10. The van der Waals surface area contributed by atoms with Crippen LogP contribution in [0.4, 0.5) is 0 Å². The molecule has 10 heteroatoms. The third kappa shape index (κ3) is 5.03. The summed E-state index contributed by atoms with van der Waals surface area (Å²) in [5, 5.41) is 17.3. The predicted octanol–water partition coefficient (Wildman–Crippen LogP) is 1.49. The number of carbonyl (C=O) groups is 2. The summed E-state index contributed by atoms with van der Waals surface area (Å²) in [6, 6.07) is 6.47. The molecule has 9 nitrogen and oxygen atoms in total. The van der Waals surface area contributed by atoms with Gasteiger partial charge < -0.3 is 15.3 Å². The van der Waals surface area contributed by atoms with Crippen molar-refractivity contribution in [1.29, 1.82) is 5.41 Å². The first-order chi connectivity index (χ1) is 13.1. The highest BCUT2D eigenvalue weighted by Gasteiger charge is 2.29. The van der Waals surface area contributed by atoms with Crippen molar-refractivity contribution >= 4 is 33.3 Å². The summed E-state index contributed by atoms with van der Waals surface area (Å²) >= 11 is 0. The number of aliphatic hydroxyl groups is 1. The van der Waals surface area contributed by atoms with Crippen LogP contribution in [0.25, 0.3) is 0 Å². The fourth-order valence-corrected chi connectivity index (χ4v) is 3.89. The molecule has 0 spiro atoms. The van der Waals surface area contributed by atoms with Crippen molar-refractivity contribution in [3.63, 3.8) is 0 Å². The number of ether oxygens (including phenoxy) is 1. The maximum absolute atomic E-state index is 12.0. The molecule has 1 aliphatic heterocycles. The minimum absolute atomic E-state index is 0.00255. The summed E-state index contributed by atoms with van der Waals surface area (Å²) < 4.78 is 31.2. The van der Waals surface area contributed by atoms with E-state index in [1.54, 1.807) is 18.2 Å². The molecule has 1 heterocycles. The molecule has 150 valence electrons. The summed E-state index contributed by atoms with van der Waals surface area (Å²) in [6.45, 7) is 2.26. The monoisotopic (exact) mass is 407 g/mol. The zero-order valence-corrected chi connectivity index (χ0v) is 16.3. The van der Waals surface area contributed by atoms with E-state index in [0.717, 1.165) is 0 Å². The van der Waals surface area contributed by atoms with Crippen LogP contribution in [-0.2, 0) is 24.3 Å². The molecule has 0 saturated heterocycles. The number of nitrogens with zero attached hydrogens (tertiary/aromatic N) is 1. The molecule has 0 amide bonds. The molecular weight excluding hydrogens is 386 g/mol. The van der Waals surface area contributed by atoms with Gasteiger partial charge in [0.2, 0.25) is 0 Å². The van der Waals surface area contributed by atoms with E-state index in [1.807, 2.05) is 0 Å². The first-order valence-corrected chi connectivity index (χ1v) is 9.92. The van der Waals surface area contributed by atoms with Crippen LogP contribution in [0.3, 0.4) is 0 Å². The van der Waals surface area contributed by atoms with E-state index in [2.05, 4.69) is 9.71 Å². The molecule has 1 aromatic carbocycles. The third-order valence-electron chi connectivity index (χ3n) is 3.86. The van der Waals surface area contributed by atoms with E-state index < -0.39 is 34.1 Å². The number of allylic oxidation sites excluding steroid dienone is 1. The normalized spacial score (nSPS) is 16.7. The van der Waals surface area contributed by atoms with Crippen molar-refractivity contribution in [3.8, 4) is 0 Å². The highest BCUT2D eigenvalue weighted by molar-refractivity contribution is 7.90. The number of hydrogen-bond donors (Lipinski definition) is 3. The number of carbonyl (C=O) groups excluding carboxylic acids is 2. The van der Waals surface area contributed by atoms with Gasteiger partial charge in [-0.3, -0.25) is 19.3 Å². The number of ketones is 1. The lowest BCUT2D eigenvalue weighted by Crippen LogP contribution is -2.22. The van der Waals surface area contributed by atoms with Gasteiger partial charge in [-0.2, -0.15) is 0 Å². The lowest BCUT2D eigenvalue weighted by Gasteiger charge is -2.08. The van der Waals surface area contributed by atoms with E-state index in [9.17, 15) is 23.1 Å². The zero-order valence-electron chi connectivity index (χ0n) is 15.5. The predicted molar refractivity (Wildman–Crippen MR) is 102 cm³/mol. The smallest absolute Gasteiger partial charge is 0.306 e. The number of hydrogen-bond acceptors (Lipinski definition) is 8. The highest BCUT2D eigenvalue weighted by atomic mass is 32.2. The van der Waals surface area contributed by atoms with Crippen LogP contribution in [0.2, 0.25) is 0 Å². The summed E-state index contributed by atoms with van der Waals surface area (Å²) in [4.78, 5) is 27.5. The topological polar surface area (TPSA) is 146 Å². The fourth-order valence-electron chi connectivity index (χ4n) is 2.64. The van der Waals surface area contributed by atoms with Gasteiger partial charge in [0.1, 0.15) is 18.2 Å². The number of aliphatic hydroxyl groups excluding tert-OH is 1. The molecule has 2 rings (SSSR count). The molecule has 3 N–H and O–H groups in total. The molecule has 1 aromatic rings. The number of fused-ring (bicyclic) bond motifs is 1. The lowest BCUT2D eigenvalue weighted by molar-refractivity contribution is -0.143. The highest BCUT2D eigenvalue weighted by Crippen LogP contribution is 2.22. The van der Waals surface area contributed by atoms with E-state index in [-0.39, 0.29) is 35.0 Å². The number of esters is 1. The average Bonchev–Trinajstić information content (AvgIpc) is 2.87. The van der Waals surface area contributed by atoms with Gasteiger partial charge in [-0.15, -0.1) is 0 Å². The molecule has 0 aliphatic carbocycles. The molecule has 0 fully saturated rings. The Hall–Kier alpha value is -3.01. The van der Waals surface area contributed by atoms with Crippen molar-refractivity contribution in [2.24, 2.45) is 4.99 Å². The van der Waals surface area contributed by atoms with Crippen molar-refractivity contribution in [1.82, 2.24) is 4.72 Å². The number of sulfonamides is 1. The Kier molecular flexibility index (Phi) is 6.68. The SMILES string of the molecule is CC(=N)/C(C(C)=O)=C(/O)COC(=O)CCCN=C1NS(=O)(=O)c2ccccc21. The molecule has 28 heavy (non-hydrogen) atoms. The van der Waals surface area contributed by atoms with Gasteiger partial charge in [0.05, 0.1) is 10.5 Å². The Bertz CT molecular complexity index is 963. The third-order valence-corrected chi connectivity index (χ3v) is 5.25. The van der Waals surface area contributed by atoms with E-state index in [0.29, 0.717) is 12.0 Å². The van der Waals surface area contributed by atoms with Crippen LogP contribution in [-0.4, -0.2) is 50.0 Å². The van der Waals surface area contributed by atoms with Crippen LogP contribution in [0, 0.1) is 5.41 Å². The Morgan fingerprint density at radius 1 is 1.25 bits per heavy atom. The molecule has 0 radical (unpaired) electrons. The van der Waals surface area contributed by atoms with Crippen molar-refractivity contribution in [2.75, 3.05) is 13.2 Å². The zero-order chi connectivity index (χ0) is 20.9. The van der Waals surface area contributed by atoms with E-state index in [4.69, 9.17) is 10.1 Å². The van der Waals surface area contributed by atoms with Crippen LogP contribution in [0.1, 0.15) is 32.3 Å². The minimum Gasteiger partial charge on any atom is -0.508 e. The average molecular weight is 407 g/mol. The molecule has 0 unspecified atom stereocenters. The lowest BCUT2D eigenvalue weighted by atomic mass is 10.1. The summed E-state index contributed by atoms with van der Waals surface area (Å²) in [5.41, 5.74) is 0.196. The van der Waals surface area contributed by atoms with Crippen molar-refractivity contribution in [2.45, 2.75) is 31.6 Å². The first kappa shape index (κ1) is 21.3. The number of Topliss-reactive ketones (excluding diaryl/α,β-unsaturated/α-hetero) is 1. The molecule has 1 aliphatic rings. The second kappa shape index (κ2) is 8.79. The summed E-state index contributed by atoms with van der Waals surface area (Å²) in [6.07, 6.45) is 0.303. The minimum atomic E-state index is -3.60. The molecule has 0 aromatic heterocycles. The number of rotatable bonds is 8. The van der Waals surface area contributed by atoms with Gasteiger partial charge >= 0.3 is 5.97 Å². The summed E-state index contributed by atoms with van der Waals surface area (Å²) in [7, 11) is -3.60.